The maximum atomic E-state index is 13.4. The molecular weight excluding hydrogens is 468 g/mol. The first-order valence-electron chi connectivity index (χ1n) is 12.6. The lowest BCUT2D eigenvalue weighted by Crippen LogP contribution is -2.48. The minimum atomic E-state index is -3.66. The van der Waals surface area contributed by atoms with E-state index in [1.54, 1.807) is 23.1 Å². The molecule has 0 aliphatic carbocycles. The van der Waals surface area contributed by atoms with Crippen LogP contribution in [0.4, 0.5) is 4.79 Å². The number of nitrogens with zero attached hydrogens (tertiary/aromatic N) is 4. The number of carbonyl (C=O) groups is 2. The molecule has 0 spiro atoms. The van der Waals surface area contributed by atoms with E-state index in [1.807, 2.05) is 19.9 Å². The van der Waals surface area contributed by atoms with Gasteiger partial charge in [-0.25, -0.2) is 13.2 Å². The summed E-state index contributed by atoms with van der Waals surface area (Å²) in [6.45, 7) is 10.3. The van der Waals surface area contributed by atoms with E-state index in [1.165, 1.54) is 9.21 Å². The maximum Gasteiger partial charge on any atom is 0.327 e. The molecule has 35 heavy (non-hydrogen) atoms. The van der Waals surface area contributed by atoms with Crippen molar-refractivity contribution in [2.24, 2.45) is 0 Å². The van der Waals surface area contributed by atoms with Crippen molar-refractivity contribution in [3.63, 3.8) is 0 Å². The number of unbranched alkanes of at least 4 members (excludes halogenated alkanes) is 1. The Bertz CT molecular complexity index is 1100. The highest BCUT2D eigenvalue weighted by Crippen LogP contribution is 2.36. The molecule has 0 aromatic heterocycles. The van der Waals surface area contributed by atoms with E-state index in [9.17, 15) is 18.0 Å². The number of urea groups is 1. The van der Waals surface area contributed by atoms with E-state index in [4.69, 9.17) is 4.74 Å². The van der Waals surface area contributed by atoms with E-state index in [2.05, 4.69) is 11.8 Å². The zero-order valence-corrected chi connectivity index (χ0v) is 21.7. The topological polar surface area (TPSA) is 90.5 Å². The lowest BCUT2D eigenvalue weighted by molar-refractivity contribution is -0.128. The van der Waals surface area contributed by atoms with Crippen molar-refractivity contribution >= 4 is 27.5 Å². The first-order valence-corrected chi connectivity index (χ1v) is 14.1. The molecule has 1 atom stereocenters. The van der Waals surface area contributed by atoms with Crippen LogP contribution < -0.4 is 4.74 Å². The second-order valence-electron chi connectivity index (χ2n) is 9.16. The number of amides is 3. The Morgan fingerprint density at radius 3 is 2.46 bits per heavy atom. The Labute approximate surface area is 208 Å². The third kappa shape index (κ3) is 4.96. The number of ether oxygens (including phenoxy) is 1. The van der Waals surface area contributed by atoms with Gasteiger partial charge in [0.2, 0.25) is 10.0 Å². The van der Waals surface area contributed by atoms with Gasteiger partial charge in [-0.15, -0.1) is 0 Å². The zero-order valence-electron chi connectivity index (χ0n) is 20.9. The van der Waals surface area contributed by atoms with E-state index >= 15 is 0 Å². The third-order valence-electron chi connectivity index (χ3n) is 7.08. The molecule has 1 aromatic carbocycles. The summed E-state index contributed by atoms with van der Waals surface area (Å²) in [6, 6.07) is 4.20. The van der Waals surface area contributed by atoms with Crippen LogP contribution in [0.25, 0.3) is 5.57 Å². The molecule has 2 fully saturated rings. The van der Waals surface area contributed by atoms with Crippen molar-refractivity contribution in [2.45, 2.75) is 51.0 Å². The second kappa shape index (κ2) is 10.7. The molecule has 3 aliphatic heterocycles. The van der Waals surface area contributed by atoms with Crippen LogP contribution in [0.2, 0.25) is 0 Å². The Hall–Kier alpha value is -2.43. The summed E-state index contributed by atoms with van der Waals surface area (Å²) >= 11 is 0. The van der Waals surface area contributed by atoms with Gasteiger partial charge in [-0.1, -0.05) is 26.3 Å². The Kier molecular flexibility index (Phi) is 7.83. The Morgan fingerprint density at radius 1 is 1.06 bits per heavy atom. The van der Waals surface area contributed by atoms with Gasteiger partial charge in [0.05, 0.1) is 11.5 Å². The molecule has 3 aliphatic rings. The van der Waals surface area contributed by atoms with Crippen molar-refractivity contribution in [1.82, 2.24) is 19.0 Å². The molecule has 10 heteroatoms. The van der Waals surface area contributed by atoms with Crippen LogP contribution in [-0.2, 0) is 14.8 Å². The van der Waals surface area contributed by atoms with Gasteiger partial charge < -0.3 is 14.5 Å². The van der Waals surface area contributed by atoms with Gasteiger partial charge in [0, 0.05) is 44.8 Å². The normalized spacial score (nSPS) is 21.9. The molecule has 0 radical (unpaired) electrons. The van der Waals surface area contributed by atoms with E-state index in [0.29, 0.717) is 57.1 Å². The molecule has 0 N–H and O–H groups in total. The number of hydrogen-bond acceptors (Lipinski definition) is 6. The molecule has 0 bridgehead atoms. The van der Waals surface area contributed by atoms with Crippen LogP contribution >= 0.6 is 0 Å². The first-order chi connectivity index (χ1) is 16.8. The van der Waals surface area contributed by atoms with Gasteiger partial charge in [-0.3, -0.25) is 9.69 Å². The fraction of sp³-hybridized carbons (Fsp3) is 0.600. The largest absolute Gasteiger partial charge is 0.493 e. The number of piperazine rings is 1. The molecule has 1 aromatic rings. The average molecular weight is 505 g/mol. The minimum Gasteiger partial charge on any atom is -0.493 e. The lowest BCUT2D eigenvalue weighted by atomic mass is 9.97. The van der Waals surface area contributed by atoms with Crippen molar-refractivity contribution in [3.8, 4) is 5.75 Å². The highest BCUT2D eigenvalue weighted by Gasteiger charge is 2.46. The molecule has 0 saturated carbocycles. The lowest BCUT2D eigenvalue weighted by Gasteiger charge is -2.33. The average Bonchev–Trinajstić information content (AvgIpc) is 3.11. The minimum absolute atomic E-state index is 0.147. The summed E-state index contributed by atoms with van der Waals surface area (Å²) < 4.78 is 34.2. The molecule has 4 rings (SSSR count). The maximum absolute atomic E-state index is 13.4. The van der Waals surface area contributed by atoms with Gasteiger partial charge in [0.25, 0.3) is 5.91 Å². The highest BCUT2D eigenvalue weighted by atomic mass is 32.2. The van der Waals surface area contributed by atoms with Gasteiger partial charge in [-0.05, 0) is 50.1 Å². The molecule has 2 saturated heterocycles. The molecular formula is C25H36N4O5S. The monoisotopic (exact) mass is 504 g/mol. The van der Waals surface area contributed by atoms with Gasteiger partial charge in [0.1, 0.15) is 11.8 Å². The summed E-state index contributed by atoms with van der Waals surface area (Å²) in [6.07, 6.45) is 4.03. The van der Waals surface area contributed by atoms with E-state index in [-0.39, 0.29) is 23.4 Å². The number of sulfonamides is 1. The van der Waals surface area contributed by atoms with Gasteiger partial charge in [-0.2, -0.15) is 4.31 Å². The Morgan fingerprint density at radius 2 is 1.80 bits per heavy atom. The summed E-state index contributed by atoms with van der Waals surface area (Å²) in [5.41, 5.74) is 1.46. The molecule has 3 heterocycles. The highest BCUT2D eigenvalue weighted by molar-refractivity contribution is 7.89. The van der Waals surface area contributed by atoms with Crippen molar-refractivity contribution in [1.29, 1.82) is 0 Å². The van der Waals surface area contributed by atoms with Gasteiger partial charge >= 0.3 is 6.03 Å². The first kappa shape index (κ1) is 25.7. The molecule has 3 amide bonds. The van der Waals surface area contributed by atoms with Crippen LogP contribution in [0.15, 0.2) is 29.2 Å². The van der Waals surface area contributed by atoms with Crippen LogP contribution in [0, 0.1) is 0 Å². The zero-order chi connectivity index (χ0) is 25.2. The standard InChI is InChI=1S/C25H36N4O5S/c1-4-7-12-28-24(30)22-10-8-19(18-29(22)25(28)31)21-17-20(9-11-23(21)34-6-3)35(32,33)27-15-13-26(5-2)14-16-27/h8-9,11,17,22H,4-7,10,12-16,18H2,1-3H3/t22-/m1/s1. The molecule has 192 valence electrons. The van der Waals surface area contributed by atoms with E-state index < -0.39 is 16.1 Å². The summed E-state index contributed by atoms with van der Waals surface area (Å²) in [5, 5.41) is 0. The van der Waals surface area contributed by atoms with E-state index in [0.717, 1.165) is 25.0 Å². The van der Waals surface area contributed by atoms with Crippen molar-refractivity contribution < 1.29 is 22.7 Å². The summed E-state index contributed by atoms with van der Waals surface area (Å²) in [4.78, 5) is 31.2. The Balaban J connectivity index is 1.61. The van der Waals surface area contributed by atoms with Crippen LogP contribution in [0.3, 0.4) is 0 Å². The summed E-state index contributed by atoms with van der Waals surface area (Å²) in [5.74, 6) is 0.430. The summed E-state index contributed by atoms with van der Waals surface area (Å²) in [7, 11) is -3.66. The SMILES string of the molecule is CCCCN1C(=O)[C@H]2CC=C(c3cc(S(=O)(=O)N4CCN(CC)CC4)ccc3OCC)CN2C1=O. The third-order valence-corrected chi connectivity index (χ3v) is 8.98. The second-order valence-corrected chi connectivity index (χ2v) is 11.1. The smallest absolute Gasteiger partial charge is 0.327 e. The number of rotatable bonds is 9. The molecule has 9 nitrogen and oxygen atoms in total. The van der Waals surface area contributed by atoms with Crippen LogP contribution in [0.5, 0.6) is 5.75 Å². The fourth-order valence-electron chi connectivity index (χ4n) is 4.96. The number of hydrogen-bond donors (Lipinski definition) is 0. The number of imide groups is 1. The quantitative estimate of drug-likeness (QED) is 0.480. The fourth-order valence-corrected chi connectivity index (χ4v) is 6.41. The van der Waals surface area contributed by atoms with Crippen molar-refractivity contribution in [2.75, 3.05) is 52.4 Å². The number of benzene rings is 1. The van der Waals surface area contributed by atoms with Crippen molar-refractivity contribution in [3.05, 3.63) is 29.8 Å². The van der Waals surface area contributed by atoms with Crippen LogP contribution in [-0.4, -0.2) is 97.8 Å². The van der Waals surface area contributed by atoms with Gasteiger partial charge in [0.15, 0.2) is 0 Å². The molecule has 0 unspecified atom stereocenters. The number of carbonyl (C=O) groups excluding carboxylic acids is 2. The number of likely N-dealkylation sites (N-methyl/N-ethyl adjacent to an activating group) is 1. The predicted molar refractivity (Wildman–Crippen MR) is 134 cm³/mol. The number of fused-ring (bicyclic) bond motifs is 1. The van der Waals surface area contributed by atoms with Crippen LogP contribution in [0.1, 0.15) is 45.6 Å². The predicted octanol–water partition coefficient (Wildman–Crippen LogP) is 2.63.